The molecule has 0 unspecified atom stereocenters. The van der Waals surface area contributed by atoms with Crippen LogP contribution in [0.4, 0.5) is 0 Å². The van der Waals surface area contributed by atoms with Gasteiger partial charge in [-0.1, -0.05) is 12.1 Å². The summed E-state index contributed by atoms with van der Waals surface area (Å²) in [6.45, 7) is 3.65. The zero-order valence-corrected chi connectivity index (χ0v) is 10.6. The van der Waals surface area contributed by atoms with Crippen LogP contribution in [0.3, 0.4) is 0 Å². The van der Waals surface area contributed by atoms with E-state index in [1.54, 1.807) is 18.2 Å². The lowest BCUT2D eigenvalue weighted by Gasteiger charge is -2.14. The van der Waals surface area contributed by atoms with Gasteiger partial charge in [-0.2, -0.15) is 0 Å². The third-order valence-corrected chi connectivity index (χ3v) is 2.56. The number of aromatic nitrogens is 2. The Morgan fingerprint density at radius 2 is 2.05 bits per heavy atom. The van der Waals surface area contributed by atoms with E-state index >= 15 is 0 Å². The summed E-state index contributed by atoms with van der Waals surface area (Å²) < 4.78 is 6.92. The van der Waals surface area contributed by atoms with Crippen molar-refractivity contribution in [1.82, 2.24) is 9.55 Å². The first-order valence-electron chi connectivity index (χ1n) is 5.77. The molecule has 0 aliphatic carbocycles. The van der Waals surface area contributed by atoms with E-state index in [-0.39, 0.29) is 29.2 Å². The van der Waals surface area contributed by atoms with Crippen LogP contribution in [0.25, 0.3) is 0 Å². The number of phenols is 1. The zero-order valence-electron chi connectivity index (χ0n) is 10.6. The van der Waals surface area contributed by atoms with Crippen molar-refractivity contribution in [3.63, 3.8) is 0 Å². The van der Waals surface area contributed by atoms with Gasteiger partial charge in [0.05, 0.1) is 6.20 Å². The van der Waals surface area contributed by atoms with Gasteiger partial charge in [-0.3, -0.25) is 4.57 Å². The van der Waals surface area contributed by atoms with Gasteiger partial charge in [0.1, 0.15) is 5.69 Å². The number of rotatable bonds is 4. The minimum atomic E-state index is -1.08. The molecule has 2 N–H and O–H groups in total. The van der Waals surface area contributed by atoms with Crippen LogP contribution in [0.2, 0.25) is 0 Å². The maximum absolute atomic E-state index is 11.1. The number of carboxylic acids is 1. The Morgan fingerprint density at radius 3 is 2.63 bits per heavy atom. The Labute approximate surface area is 109 Å². The van der Waals surface area contributed by atoms with E-state index in [1.807, 2.05) is 13.8 Å². The minimum absolute atomic E-state index is 0.0299. The third kappa shape index (κ3) is 2.52. The number of ether oxygens (including phenoxy) is 1. The van der Waals surface area contributed by atoms with Crippen molar-refractivity contribution < 1.29 is 19.7 Å². The fourth-order valence-electron chi connectivity index (χ4n) is 1.72. The van der Waals surface area contributed by atoms with Crippen LogP contribution in [0, 0.1) is 0 Å². The lowest BCUT2D eigenvalue weighted by atomic mass is 10.3. The van der Waals surface area contributed by atoms with Crippen LogP contribution in [-0.4, -0.2) is 25.7 Å². The van der Waals surface area contributed by atoms with Gasteiger partial charge in [-0.05, 0) is 26.0 Å². The maximum Gasteiger partial charge on any atom is 0.354 e. The first kappa shape index (κ1) is 12.9. The number of phenolic OH excluding ortho intramolecular Hbond substituents is 1. The molecule has 0 fully saturated rings. The first-order chi connectivity index (χ1) is 9.00. The Bertz CT molecular complexity index is 604. The SMILES string of the molecule is CC(C)n1c(C(=O)O)cnc1Oc1ccccc1O. The summed E-state index contributed by atoms with van der Waals surface area (Å²) in [7, 11) is 0. The zero-order chi connectivity index (χ0) is 14.0. The lowest BCUT2D eigenvalue weighted by Crippen LogP contribution is -2.11. The molecule has 0 atom stereocenters. The average Bonchev–Trinajstić information content (AvgIpc) is 2.76. The van der Waals surface area contributed by atoms with Gasteiger partial charge in [0.15, 0.2) is 11.5 Å². The molecule has 1 aromatic carbocycles. The molecule has 1 aromatic heterocycles. The molecule has 6 heteroatoms. The summed E-state index contributed by atoms with van der Waals surface area (Å²) in [6.07, 6.45) is 1.23. The van der Waals surface area contributed by atoms with Crippen molar-refractivity contribution >= 4 is 5.97 Å². The molecule has 0 aliphatic rings. The van der Waals surface area contributed by atoms with Crippen LogP contribution >= 0.6 is 0 Å². The van der Waals surface area contributed by atoms with Crippen molar-refractivity contribution in [2.45, 2.75) is 19.9 Å². The number of imidazole rings is 1. The van der Waals surface area contributed by atoms with E-state index in [1.165, 1.54) is 16.8 Å². The highest BCUT2D eigenvalue weighted by molar-refractivity contribution is 5.85. The molecular formula is C13H14N2O4. The molecule has 0 saturated carbocycles. The minimum Gasteiger partial charge on any atom is -0.504 e. The molecule has 2 rings (SSSR count). The van der Waals surface area contributed by atoms with E-state index < -0.39 is 5.97 Å². The van der Waals surface area contributed by atoms with Gasteiger partial charge < -0.3 is 14.9 Å². The predicted octanol–water partition coefficient (Wildman–Crippen LogP) is 2.66. The molecular weight excluding hydrogens is 248 g/mol. The number of benzene rings is 1. The van der Waals surface area contributed by atoms with Gasteiger partial charge in [-0.25, -0.2) is 9.78 Å². The summed E-state index contributed by atoms with van der Waals surface area (Å²) in [6, 6.07) is 6.43. The van der Waals surface area contributed by atoms with Gasteiger partial charge in [0.25, 0.3) is 0 Å². The molecule has 6 nitrogen and oxygen atoms in total. The van der Waals surface area contributed by atoms with E-state index in [9.17, 15) is 9.90 Å². The maximum atomic E-state index is 11.1. The second-order valence-corrected chi connectivity index (χ2v) is 4.26. The molecule has 2 aromatic rings. The number of aromatic hydroxyl groups is 1. The number of nitrogens with zero attached hydrogens (tertiary/aromatic N) is 2. The number of carboxylic acid groups (broad SMARTS) is 1. The highest BCUT2D eigenvalue weighted by atomic mass is 16.5. The van der Waals surface area contributed by atoms with Crippen LogP contribution in [0.15, 0.2) is 30.5 Å². The molecule has 0 bridgehead atoms. The largest absolute Gasteiger partial charge is 0.504 e. The van der Waals surface area contributed by atoms with Gasteiger partial charge in [-0.15, -0.1) is 0 Å². The number of hydrogen-bond donors (Lipinski definition) is 2. The number of hydrogen-bond acceptors (Lipinski definition) is 4. The molecule has 0 radical (unpaired) electrons. The number of aromatic carboxylic acids is 1. The van der Waals surface area contributed by atoms with Gasteiger partial charge in [0.2, 0.25) is 0 Å². The third-order valence-electron chi connectivity index (χ3n) is 2.56. The van der Waals surface area contributed by atoms with Crippen LogP contribution < -0.4 is 4.74 Å². The molecule has 0 spiro atoms. The summed E-state index contributed by atoms with van der Waals surface area (Å²) in [5, 5.41) is 18.7. The summed E-state index contributed by atoms with van der Waals surface area (Å²) >= 11 is 0. The Morgan fingerprint density at radius 1 is 1.37 bits per heavy atom. The molecule has 0 aliphatic heterocycles. The second-order valence-electron chi connectivity index (χ2n) is 4.26. The van der Waals surface area contributed by atoms with Crippen molar-refractivity contribution in [1.29, 1.82) is 0 Å². The van der Waals surface area contributed by atoms with E-state index in [2.05, 4.69) is 4.98 Å². The number of carbonyl (C=O) groups is 1. The van der Waals surface area contributed by atoms with Crippen molar-refractivity contribution in [2.24, 2.45) is 0 Å². The van der Waals surface area contributed by atoms with E-state index in [0.29, 0.717) is 0 Å². The first-order valence-corrected chi connectivity index (χ1v) is 5.77. The van der Waals surface area contributed by atoms with Crippen LogP contribution in [0.5, 0.6) is 17.5 Å². The standard InChI is InChI=1S/C13H14N2O4/c1-8(2)15-9(12(17)18)7-14-13(15)19-11-6-4-3-5-10(11)16/h3-8,16H,1-2H3,(H,17,18). The second kappa shape index (κ2) is 5.01. The van der Waals surface area contributed by atoms with E-state index in [4.69, 9.17) is 9.84 Å². The van der Waals surface area contributed by atoms with E-state index in [0.717, 1.165) is 0 Å². The number of para-hydroxylation sites is 2. The summed E-state index contributed by atoms with van der Waals surface area (Å²) in [5.74, 6) is -0.877. The molecule has 19 heavy (non-hydrogen) atoms. The normalized spacial score (nSPS) is 10.7. The molecule has 0 saturated heterocycles. The van der Waals surface area contributed by atoms with Crippen LogP contribution in [0.1, 0.15) is 30.4 Å². The topological polar surface area (TPSA) is 84.6 Å². The highest BCUT2D eigenvalue weighted by Gasteiger charge is 2.20. The average molecular weight is 262 g/mol. The summed E-state index contributed by atoms with van der Waals surface area (Å²) in [4.78, 5) is 15.0. The quantitative estimate of drug-likeness (QED) is 0.884. The van der Waals surface area contributed by atoms with Gasteiger partial charge in [0, 0.05) is 6.04 Å². The van der Waals surface area contributed by atoms with Crippen LogP contribution in [-0.2, 0) is 0 Å². The smallest absolute Gasteiger partial charge is 0.354 e. The van der Waals surface area contributed by atoms with Crippen molar-refractivity contribution in [3.05, 3.63) is 36.2 Å². The highest BCUT2D eigenvalue weighted by Crippen LogP contribution is 2.31. The van der Waals surface area contributed by atoms with Gasteiger partial charge >= 0.3 is 12.0 Å². The fourth-order valence-corrected chi connectivity index (χ4v) is 1.72. The summed E-state index contributed by atoms with van der Waals surface area (Å²) in [5.41, 5.74) is 0.0421. The predicted molar refractivity (Wildman–Crippen MR) is 67.8 cm³/mol. The van der Waals surface area contributed by atoms with Crippen molar-refractivity contribution in [2.75, 3.05) is 0 Å². The Kier molecular flexibility index (Phi) is 3.41. The lowest BCUT2D eigenvalue weighted by molar-refractivity contribution is 0.0682. The molecule has 100 valence electrons. The molecule has 1 heterocycles. The molecule has 0 amide bonds. The monoisotopic (exact) mass is 262 g/mol. The Balaban J connectivity index is 2.41. The fraction of sp³-hybridized carbons (Fsp3) is 0.231. The van der Waals surface area contributed by atoms with Crippen molar-refractivity contribution in [3.8, 4) is 17.5 Å². The Hall–Kier alpha value is -2.50.